The molecule has 1 nitrogen and oxygen atoms in total. The summed E-state index contributed by atoms with van der Waals surface area (Å²) in [5.74, 6) is 0. The summed E-state index contributed by atoms with van der Waals surface area (Å²) in [7, 11) is 0. The van der Waals surface area contributed by atoms with Crippen LogP contribution in [0.5, 0.6) is 0 Å². The summed E-state index contributed by atoms with van der Waals surface area (Å²) in [6, 6.07) is 74.0. The van der Waals surface area contributed by atoms with Crippen LogP contribution in [0.25, 0.3) is 76.8 Å². The molecular weight excluding hydrogens is 707 g/mol. The Bertz CT molecular complexity index is 3180. The molecule has 12 rings (SSSR count). The maximum atomic E-state index is 6.73. The summed E-state index contributed by atoms with van der Waals surface area (Å²) >= 11 is 1.88. The van der Waals surface area contributed by atoms with E-state index in [0.29, 0.717) is 0 Å². The molecule has 1 aliphatic carbocycles. The number of hydrogen-bond donors (Lipinski definition) is 1. The number of fused-ring (bicyclic) bond motifs is 12. The Balaban J connectivity index is 1.18. The Hall–Kier alpha value is -6.87. The first kappa shape index (κ1) is 32.4. The SMILES string of the molecule is Nc1ccc2c(c1)-c1c(-c3c4ccccc4c(-c4cccc5cc(-c6ccccc6)ccc45)c4ccccc34)cccc1C21c2ccccc2Sc2ccccc21. The third kappa shape index (κ3) is 4.53. The molecule has 10 aromatic carbocycles. The smallest absolute Gasteiger partial charge is 0.0735 e. The minimum atomic E-state index is -0.486. The Labute approximate surface area is 336 Å². The van der Waals surface area contributed by atoms with Gasteiger partial charge in [0.2, 0.25) is 0 Å². The topological polar surface area (TPSA) is 26.0 Å². The molecular formula is C55H35NS. The van der Waals surface area contributed by atoms with Gasteiger partial charge in [-0.05, 0) is 129 Å². The molecule has 0 radical (unpaired) electrons. The normalized spacial score (nSPS) is 13.4. The molecule has 0 fully saturated rings. The van der Waals surface area contributed by atoms with Crippen molar-refractivity contribution in [3.05, 3.63) is 222 Å². The predicted octanol–water partition coefficient (Wildman–Crippen LogP) is 14.6. The number of nitrogens with two attached hydrogens (primary N) is 1. The highest BCUT2D eigenvalue weighted by Crippen LogP contribution is 2.64. The van der Waals surface area contributed by atoms with Crippen LogP contribution in [-0.2, 0) is 5.41 Å². The van der Waals surface area contributed by atoms with Gasteiger partial charge in [-0.25, -0.2) is 0 Å². The van der Waals surface area contributed by atoms with Gasteiger partial charge >= 0.3 is 0 Å². The van der Waals surface area contributed by atoms with E-state index in [9.17, 15) is 0 Å². The number of benzene rings is 10. The standard InChI is InChI=1S/C55H35NS/c56-37-29-31-46-45(33-37)54-44(22-13-25-49(54)55(46)47-23-8-10-26-50(47)57-51-27-11-9-24-48(51)55)53-42-19-6-4-17-40(42)52(41-18-5-7-20-43(41)53)39-21-12-16-36-32-35(28-30-38(36)39)34-14-2-1-3-15-34/h1-33H,56H2. The van der Waals surface area contributed by atoms with Crippen molar-refractivity contribution in [1.82, 2.24) is 0 Å². The highest BCUT2D eigenvalue weighted by atomic mass is 32.2. The summed E-state index contributed by atoms with van der Waals surface area (Å²) in [6.07, 6.45) is 0. The quantitative estimate of drug-likeness (QED) is 0.144. The van der Waals surface area contributed by atoms with Gasteiger partial charge in [0.05, 0.1) is 5.41 Å². The Morgan fingerprint density at radius 3 is 1.58 bits per heavy atom. The minimum Gasteiger partial charge on any atom is -0.399 e. The average Bonchev–Trinajstić information content (AvgIpc) is 3.55. The van der Waals surface area contributed by atoms with Gasteiger partial charge in [0.25, 0.3) is 0 Å². The van der Waals surface area contributed by atoms with E-state index in [2.05, 4.69) is 200 Å². The van der Waals surface area contributed by atoms with E-state index in [1.54, 1.807) is 0 Å². The fraction of sp³-hybridized carbons (Fsp3) is 0.0182. The second kappa shape index (κ2) is 12.3. The number of anilines is 1. The molecule has 0 bridgehead atoms. The third-order valence-corrected chi connectivity index (χ3v) is 13.6. The van der Waals surface area contributed by atoms with Gasteiger partial charge in [0, 0.05) is 15.5 Å². The summed E-state index contributed by atoms with van der Waals surface area (Å²) in [6.45, 7) is 0. The molecule has 10 aromatic rings. The fourth-order valence-electron chi connectivity index (χ4n) is 10.2. The zero-order valence-electron chi connectivity index (χ0n) is 31.0. The first-order valence-electron chi connectivity index (χ1n) is 19.6. The third-order valence-electron chi connectivity index (χ3n) is 12.4. The van der Waals surface area contributed by atoms with Gasteiger partial charge in [0.1, 0.15) is 0 Å². The van der Waals surface area contributed by atoms with Crippen LogP contribution < -0.4 is 5.73 Å². The van der Waals surface area contributed by atoms with Gasteiger partial charge < -0.3 is 5.73 Å². The maximum Gasteiger partial charge on any atom is 0.0735 e. The minimum absolute atomic E-state index is 0.486. The number of rotatable bonds is 3. The first-order valence-corrected chi connectivity index (χ1v) is 20.4. The lowest BCUT2D eigenvalue weighted by molar-refractivity contribution is 0.722. The molecule has 1 aliphatic heterocycles. The van der Waals surface area contributed by atoms with Crippen LogP contribution in [0.4, 0.5) is 5.69 Å². The Morgan fingerprint density at radius 2 is 0.895 bits per heavy atom. The molecule has 2 aliphatic rings. The van der Waals surface area contributed by atoms with Crippen molar-refractivity contribution < 1.29 is 0 Å². The zero-order valence-corrected chi connectivity index (χ0v) is 31.9. The van der Waals surface area contributed by atoms with Crippen LogP contribution in [0, 0.1) is 0 Å². The Morgan fingerprint density at radius 1 is 0.333 bits per heavy atom. The van der Waals surface area contributed by atoms with Gasteiger partial charge in [-0.3, -0.25) is 0 Å². The van der Waals surface area contributed by atoms with Gasteiger partial charge in [-0.2, -0.15) is 0 Å². The molecule has 2 heteroatoms. The van der Waals surface area contributed by atoms with E-state index in [4.69, 9.17) is 5.73 Å². The average molecular weight is 742 g/mol. The summed E-state index contributed by atoms with van der Waals surface area (Å²) in [5.41, 5.74) is 22.2. The molecule has 0 saturated carbocycles. The van der Waals surface area contributed by atoms with Crippen molar-refractivity contribution in [2.24, 2.45) is 0 Å². The number of hydrogen-bond acceptors (Lipinski definition) is 2. The largest absolute Gasteiger partial charge is 0.399 e. The Kier molecular flexibility index (Phi) is 7.00. The van der Waals surface area contributed by atoms with Crippen LogP contribution in [0.15, 0.2) is 210 Å². The van der Waals surface area contributed by atoms with Crippen molar-refractivity contribution in [2.75, 3.05) is 5.73 Å². The fourth-order valence-corrected chi connectivity index (χ4v) is 11.4. The zero-order chi connectivity index (χ0) is 37.7. The van der Waals surface area contributed by atoms with E-state index in [1.165, 1.54) is 109 Å². The van der Waals surface area contributed by atoms with Crippen LogP contribution >= 0.6 is 11.8 Å². The molecule has 266 valence electrons. The van der Waals surface area contributed by atoms with Gasteiger partial charge in [-0.1, -0.05) is 182 Å². The molecule has 57 heavy (non-hydrogen) atoms. The molecule has 2 N–H and O–H groups in total. The van der Waals surface area contributed by atoms with Gasteiger partial charge in [-0.15, -0.1) is 0 Å². The second-order valence-corrected chi connectivity index (χ2v) is 16.4. The molecule has 0 unspecified atom stereocenters. The number of nitrogen functional groups attached to an aromatic ring is 1. The summed E-state index contributed by atoms with van der Waals surface area (Å²) < 4.78 is 0. The van der Waals surface area contributed by atoms with Crippen molar-refractivity contribution in [3.8, 4) is 44.5 Å². The monoisotopic (exact) mass is 741 g/mol. The van der Waals surface area contributed by atoms with E-state index >= 15 is 0 Å². The summed E-state index contributed by atoms with van der Waals surface area (Å²) in [4.78, 5) is 2.59. The van der Waals surface area contributed by atoms with E-state index in [-0.39, 0.29) is 0 Å². The van der Waals surface area contributed by atoms with Crippen LogP contribution in [0.2, 0.25) is 0 Å². The lowest BCUT2D eigenvalue weighted by Crippen LogP contribution is -2.31. The molecule has 1 heterocycles. The van der Waals surface area contributed by atoms with E-state index in [1.807, 2.05) is 11.8 Å². The first-order chi connectivity index (χ1) is 28.2. The predicted molar refractivity (Wildman–Crippen MR) is 241 cm³/mol. The summed E-state index contributed by atoms with van der Waals surface area (Å²) in [5, 5.41) is 7.45. The molecule has 0 atom stereocenters. The lowest BCUT2D eigenvalue weighted by Gasteiger charge is -2.39. The second-order valence-electron chi connectivity index (χ2n) is 15.3. The maximum absolute atomic E-state index is 6.73. The van der Waals surface area contributed by atoms with Crippen molar-refractivity contribution in [2.45, 2.75) is 15.2 Å². The van der Waals surface area contributed by atoms with Crippen LogP contribution in [0.1, 0.15) is 22.3 Å². The van der Waals surface area contributed by atoms with Crippen molar-refractivity contribution >= 4 is 49.8 Å². The highest BCUT2D eigenvalue weighted by molar-refractivity contribution is 7.99. The van der Waals surface area contributed by atoms with Gasteiger partial charge in [0.15, 0.2) is 0 Å². The molecule has 0 aromatic heterocycles. The van der Waals surface area contributed by atoms with Crippen molar-refractivity contribution in [3.63, 3.8) is 0 Å². The molecule has 1 spiro atoms. The van der Waals surface area contributed by atoms with Crippen LogP contribution in [0.3, 0.4) is 0 Å². The molecule has 0 amide bonds. The van der Waals surface area contributed by atoms with E-state index in [0.717, 1.165) is 5.69 Å². The van der Waals surface area contributed by atoms with Crippen molar-refractivity contribution in [1.29, 1.82) is 0 Å². The highest BCUT2D eigenvalue weighted by Gasteiger charge is 2.51. The molecule has 0 saturated heterocycles. The lowest BCUT2D eigenvalue weighted by atomic mass is 9.67. The van der Waals surface area contributed by atoms with Crippen LogP contribution in [-0.4, -0.2) is 0 Å². The van der Waals surface area contributed by atoms with E-state index < -0.39 is 5.41 Å².